The third kappa shape index (κ3) is 5.52. The van der Waals surface area contributed by atoms with Gasteiger partial charge in [0.1, 0.15) is 18.1 Å². The molecule has 1 heterocycles. The van der Waals surface area contributed by atoms with E-state index in [1.54, 1.807) is 38.5 Å². The number of aromatic hydroxyl groups is 1. The van der Waals surface area contributed by atoms with Crippen LogP contribution in [0.15, 0.2) is 30.3 Å². The molecule has 3 rings (SSSR count). The van der Waals surface area contributed by atoms with Crippen molar-refractivity contribution in [1.82, 2.24) is 9.97 Å². The van der Waals surface area contributed by atoms with Crippen LogP contribution in [-0.4, -0.2) is 54.9 Å². The van der Waals surface area contributed by atoms with E-state index in [1.165, 1.54) is 0 Å². The molecule has 0 spiro atoms. The molecule has 0 aliphatic heterocycles. The largest absolute Gasteiger partial charge is 1.00 e. The summed E-state index contributed by atoms with van der Waals surface area (Å²) < 4.78 is 11.4. The third-order valence-corrected chi connectivity index (χ3v) is 4.33. The number of phenolic OH excluding ortho intramolecular Hbond substituents is 1. The van der Waals surface area contributed by atoms with Crippen LogP contribution >= 0.6 is 11.6 Å². The fraction of sp³-hybridized carbons (Fsp3) is 0.300. The lowest BCUT2D eigenvalue weighted by Crippen LogP contribution is -3.00. The standard InChI is InChI=1S/C20H23ClN4O3.HI/c1-25(2,3)11-12-8-13(6-7-16(12)26)22-19-14-9-17(27-4)18(28-5)10-15(14)23-20(21)24-19;/h6-10H,11H2,1-5H3,(H-,22,23,24,26);1H. The van der Waals surface area contributed by atoms with Gasteiger partial charge in [0.2, 0.25) is 5.28 Å². The van der Waals surface area contributed by atoms with Crippen LogP contribution in [-0.2, 0) is 6.54 Å². The molecule has 0 radical (unpaired) electrons. The molecule has 1 aromatic heterocycles. The van der Waals surface area contributed by atoms with E-state index in [0.29, 0.717) is 33.9 Å². The Bertz CT molecular complexity index is 1020. The third-order valence-electron chi connectivity index (χ3n) is 4.16. The number of fused-ring (bicyclic) bond motifs is 1. The lowest BCUT2D eigenvalue weighted by atomic mass is 10.1. The van der Waals surface area contributed by atoms with Crippen molar-refractivity contribution in [3.05, 3.63) is 41.2 Å². The minimum atomic E-state index is 0. The van der Waals surface area contributed by atoms with E-state index in [0.717, 1.165) is 16.6 Å². The first-order valence-corrected chi connectivity index (χ1v) is 9.06. The van der Waals surface area contributed by atoms with Crippen molar-refractivity contribution in [2.24, 2.45) is 0 Å². The molecule has 3 aromatic rings. The Balaban J connectivity index is 0.00000300. The normalized spacial score (nSPS) is 11.1. The average molecular weight is 531 g/mol. The van der Waals surface area contributed by atoms with Crippen LogP contribution in [0.5, 0.6) is 17.2 Å². The summed E-state index contributed by atoms with van der Waals surface area (Å²) >= 11 is 6.13. The molecule has 0 aliphatic carbocycles. The molecule has 0 atom stereocenters. The lowest BCUT2D eigenvalue weighted by molar-refractivity contribution is -0.884. The number of hydrogen-bond acceptors (Lipinski definition) is 6. The Morgan fingerprint density at radius 1 is 1.03 bits per heavy atom. The van der Waals surface area contributed by atoms with E-state index < -0.39 is 0 Å². The molecule has 156 valence electrons. The van der Waals surface area contributed by atoms with Gasteiger partial charge in [-0.3, -0.25) is 0 Å². The molecule has 7 nitrogen and oxygen atoms in total. The number of hydrogen-bond donors (Lipinski definition) is 2. The monoisotopic (exact) mass is 530 g/mol. The number of phenols is 1. The van der Waals surface area contributed by atoms with Crippen molar-refractivity contribution in [3.8, 4) is 17.2 Å². The van der Waals surface area contributed by atoms with Gasteiger partial charge in [0.05, 0.1) is 46.4 Å². The zero-order valence-electron chi connectivity index (χ0n) is 17.0. The summed E-state index contributed by atoms with van der Waals surface area (Å²) in [6.45, 7) is 0.678. The van der Waals surface area contributed by atoms with Gasteiger partial charge in [-0.25, -0.2) is 4.98 Å². The molecule has 29 heavy (non-hydrogen) atoms. The second-order valence-electron chi connectivity index (χ2n) is 7.48. The predicted octanol–water partition coefficient (Wildman–Crippen LogP) is 0.960. The lowest BCUT2D eigenvalue weighted by Gasteiger charge is -2.24. The SMILES string of the molecule is COc1cc2nc(Cl)nc(Nc3ccc(O)c(C[N+](C)(C)C)c3)c2cc1OC.[I-]. The summed E-state index contributed by atoms with van der Waals surface area (Å²) in [6, 6.07) is 8.92. The van der Waals surface area contributed by atoms with Crippen LogP contribution in [0.4, 0.5) is 11.5 Å². The second-order valence-corrected chi connectivity index (χ2v) is 7.82. The van der Waals surface area contributed by atoms with E-state index in [-0.39, 0.29) is 35.0 Å². The minimum absolute atomic E-state index is 0. The number of nitrogens with one attached hydrogen (secondary N) is 1. The topological polar surface area (TPSA) is 76.5 Å². The number of quaternary nitrogens is 1. The highest BCUT2D eigenvalue weighted by molar-refractivity contribution is 6.28. The van der Waals surface area contributed by atoms with E-state index in [9.17, 15) is 5.11 Å². The maximum atomic E-state index is 10.2. The molecule has 2 aromatic carbocycles. The molecule has 0 bridgehead atoms. The van der Waals surface area contributed by atoms with Crippen molar-refractivity contribution in [1.29, 1.82) is 0 Å². The number of methoxy groups -OCH3 is 2. The molecular weight excluding hydrogens is 507 g/mol. The summed E-state index contributed by atoms with van der Waals surface area (Å²) in [4.78, 5) is 8.61. The molecule has 0 saturated carbocycles. The number of anilines is 2. The van der Waals surface area contributed by atoms with Crippen LogP contribution < -0.4 is 38.8 Å². The first-order valence-electron chi connectivity index (χ1n) is 8.69. The Kier molecular flexibility index (Phi) is 7.36. The van der Waals surface area contributed by atoms with Crippen molar-refractivity contribution in [2.45, 2.75) is 6.54 Å². The number of rotatable bonds is 6. The maximum absolute atomic E-state index is 10.2. The van der Waals surface area contributed by atoms with Crippen LogP contribution in [0, 0.1) is 0 Å². The van der Waals surface area contributed by atoms with Crippen LogP contribution in [0.2, 0.25) is 5.28 Å². The molecule has 0 amide bonds. The zero-order valence-corrected chi connectivity index (χ0v) is 19.9. The zero-order chi connectivity index (χ0) is 20.5. The number of halogens is 2. The fourth-order valence-electron chi connectivity index (χ4n) is 2.96. The van der Waals surface area contributed by atoms with Gasteiger partial charge >= 0.3 is 0 Å². The maximum Gasteiger partial charge on any atom is 0.224 e. The van der Waals surface area contributed by atoms with Crippen LogP contribution in [0.1, 0.15) is 5.56 Å². The Morgan fingerprint density at radius 2 is 1.69 bits per heavy atom. The van der Waals surface area contributed by atoms with Crippen molar-refractivity contribution in [2.75, 3.05) is 40.7 Å². The molecule has 0 saturated heterocycles. The van der Waals surface area contributed by atoms with E-state index in [1.807, 2.05) is 6.07 Å². The highest BCUT2D eigenvalue weighted by Gasteiger charge is 2.16. The minimum Gasteiger partial charge on any atom is -1.00 e. The van der Waals surface area contributed by atoms with Crippen molar-refractivity contribution >= 4 is 34.0 Å². The summed E-state index contributed by atoms with van der Waals surface area (Å²) in [5, 5.41) is 14.3. The fourth-order valence-corrected chi connectivity index (χ4v) is 3.14. The number of nitrogens with zero attached hydrogens (tertiary/aromatic N) is 3. The Morgan fingerprint density at radius 3 is 2.31 bits per heavy atom. The van der Waals surface area contributed by atoms with Crippen LogP contribution in [0.3, 0.4) is 0 Å². The quantitative estimate of drug-likeness (QED) is 0.214. The summed E-state index contributed by atoms with van der Waals surface area (Å²) in [6.07, 6.45) is 0. The first kappa shape index (κ1) is 23.2. The Hall–Kier alpha value is -2.04. The van der Waals surface area contributed by atoms with Gasteiger partial charge in [-0.2, -0.15) is 4.98 Å². The molecule has 0 aliphatic rings. The highest BCUT2D eigenvalue weighted by Crippen LogP contribution is 2.36. The van der Waals surface area contributed by atoms with E-state index in [4.69, 9.17) is 21.1 Å². The highest BCUT2D eigenvalue weighted by atomic mass is 127. The van der Waals surface area contributed by atoms with Gasteiger partial charge in [-0.1, -0.05) is 0 Å². The second kappa shape index (κ2) is 9.19. The Labute approximate surface area is 192 Å². The predicted molar refractivity (Wildman–Crippen MR) is 111 cm³/mol. The molecule has 2 N–H and O–H groups in total. The summed E-state index contributed by atoms with van der Waals surface area (Å²) in [7, 11) is 9.34. The molecule has 0 unspecified atom stereocenters. The summed E-state index contributed by atoms with van der Waals surface area (Å²) in [5.41, 5.74) is 2.25. The average Bonchev–Trinajstić information content (AvgIpc) is 2.62. The van der Waals surface area contributed by atoms with Gasteiger partial charge in [0.25, 0.3) is 0 Å². The first-order chi connectivity index (χ1) is 13.2. The number of benzene rings is 2. The van der Waals surface area contributed by atoms with Gasteiger partial charge in [0, 0.05) is 17.1 Å². The number of ether oxygens (including phenoxy) is 2. The van der Waals surface area contributed by atoms with Gasteiger partial charge in [-0.05, 0) is 35.9 Å². The smallest absolute Gasteiger partial charge is 0.224 e. The van der Waals surface area contributed by atoms with E-state index >= 15 is 0 Å². The molecule has 9 heteroatoms. The number of aromatic nitrogens is 2. The van der Waals surface area contributed by atoms with E-state index in [2.05, 4.69) is 36.4 Å². The van der Waals surface area contributed by atoms with Crippen molar-refractivity contribution in [3.63, 3.8) is 0 Å². The molecule has 0 fully saturated rings. The molecular formula is C20H24ClIN4O3. The van der Waals surface area contributed by atoms with Gasteiger partial charge in [0.15, 0.2) is 11.5 Å². The van der Waals surface area contributed by atoms with Crippen molar-refractivity contribution < 1.29 is 43.0 Å². The summed E-state index contributed by atoms with van der Waals surface area (Å²) in [5.74, 6) is 1.93. The van der Waals surface area contributed by atoms with Crippen LogP contribution in [0.25, 0.3) is 10.9 Å². The van der Waals surface area contributed by atoms with Gasteiger partial charge in [-0.15, -0.1) is 0 Å². The van der Waals surface area contributed by atoms with Gasteiger partial charge < -0.3 is 48.4 Å².